The molecule has 6 heteroatoms. The van der Waals surface area contributed by atoms with Crippen molar-refractivity contribution in [3.05, 3.63) is 36.3 Å². The van der Waals surface area contributed by atoms with Crippen LogP contribution in [0, 0.1) is 0 Å². The zero-order chi connectivity index (χ0) is 12.1. The Bertz CT molecular complexity index is 419. The van der Waals surface area contributed by atoms with E-state index in [1.54, 1.807) is 0 Å². The summed E-state index contributed by atoms with van der Waals surface area (Å²) in [5.41, 5.74) is 0.505. The number of amides is 1. The zero-order valence-corrected chi connectivity index (χ0v) is 8.23. The van der Waals surface area contributed by atoms with E-state index in [1.165, 1.54) is 6.08 Å². The molecule has 0 aromatic carbocycles. The fraction of sp³-hybridized carbons (Fsp3) is 0.100. The molecule has 1 rings (SSSR count). The van der Waals surface area contributed by atoms with Gasteiger partial charge in [-0.3, -0.25) is 4.79 Å². The zero-order valence-electron chi connectivity index (χ0n) is 8.23. The summed E-state index contributed by atoms with van der Waals surface area (Å²) >= 11 is 0. The lowest BCUT2D eigenvalue weighted by Crippen LogP contribution is -2.29. The van der Waals surface area contributed by atoms with Crippen LogP contribution < -0.4 is 5.32 Å². The summed E-state index contributed by atoms with van der Waals surface area (Å²) in [6.45, 7) is 3.53. The number of esters is 1. The van der Waals surface area contributed by atoms with E-state index in [2.05, 4.69) is 16.6 Å². The summed E-state index contributed by atoms with van der Waals surface area (Å²) in [6, 6.07) is 0. The van der Waals surface area contributed by atoms with Crippen LogP contribution in [0.15, 0.2) is 36.3 Å². The summed E-state index contributed by atoms with van der Waals surface area (Å²) in [6.07, 6.45) is 3.12. The lowest BCUT2D eigenvalue weighted by atomic mass is 10.2. The van der Waals surface area contributed by atoms with E-state index in [9.17, 15) is 14.4 Å². The summed E-state index contributed by atoms with van der Waals surface area (Å²) in [5.74, 6) is -2.93. The Labute approximate surface area is 90.9 Å². The second kappa shape index (κ2) is 4.92. The molecule has 0 aromatic heterocycles. The second-order valence-corrected chi connectivity index (χ2v) is 2.92. The predicted molar refractivity (Wildman–Crippen MR) is 52.9 cm³/mol. The maximum absolute atomic E-state index is 11.2. The molecule has 84 valence electrons. The molecule has 0 aliphatic carbocycles. The van der Waals surface area contributed by atoms with Crippen LogP contribution in [0.3, 0.4) is 0 Å². The lowest BCUT2D eigenvalue weighted by molar-refractivity contribution is -0.138. The number of allylic oxidation sites excluding steroid dienone is 1. The molecule has 0 atom stereocenters. The quantitative estimate of drug-likeness (QED) is 0.522. The lowest BCUT2D eigenvalue weighted by Gasteiger charge is -2.14. The van der Waals surface area contributed by atoms with E-state index in [0.29, 0.717) is 18.2 Å². The smallest absolute Gasteiger partial charge is 0.336 e. The fourth-order valence-corrected chi connectivity index (χ4v) is 0.952. The molecular weight excluding hydrogens is 214 g/mol. The molecule has 0 aromatic rings. The largest absolute Gasteiger partial charge is 0.478 e. The number of carboxylic acids is 1. The maximum Gasteiger partial charge on any atom is 0.336 e. The highest BCUT2D eigenvalue weighted by atomic mass is 16.5. The molecular formula is C10H9NO5. The van der Waals surface area contributed by atoms with Crippen molar-refractivity contribution in [1.29, 1.82) is 0 Å². The Hall–Kier alpha value is -2.37. The summed E-state index contributed by atoms with van der Waals surface area (Å²) < 4.78 is 4.62. The summed E-state index contributed by atoms with van der Waals surface area (Å²) in [4.78, 5) is 32.4. The Morgan fingerprint density at radius 2 is 2.19 bits per heavy atom. The normalized spacial score (nSPS) is 15.6. The van der Waals surface area contributed by atoms with E-state index < -0.39 is 17.8 Å². The van der Waals surface area contributed by atoms with Gasteiger partial charge in [0, 0.05) is 24.3 Å². The average molecular weight is 223 g/mol. The maximum atomic E-state index is 11.2. The van der Waals surface area contributed by atoms with Gasteiger partial charge in [-0.25, -0.2) is 9.59 Å². The first-order valence-electron chi connectivity index (χ1n) is 4.31. The van der Waals surface area contributed by atoms with E-state index in [0.717, 1.165) is 6.08 Å². The van der Waals surface area contributed by atoms with Gasteiger partial charge in [-0.05, 0) is 6.08 Å². The van der Waals surface area contributed by atoms with Crippen molar-refractivity contribution < 1.29 is 24.2 Å². The van der Waals surface area contributed by atoms with Gasteiger partial charge >= 0.3 is 11.9 Å². The first-order valence-corrected chi connectivity index (χ1v) is 4.31. The van der Waals surface area contributed by atoms with Crippen molar-refractivity contribution in [3.63, 3.8) is 0 Å². The molecule has 0 spiro atoms. The number of nitrogens with one attached hydrogen (secondary N) is 1. The molecule has 1 aliphatic heterocycles. The van der Waals surface area contributed by atoms with Crippen LogP contribution in [0.5, 0.6) is 0 Å². The molecule has 1 aliphatic rings. The minimum atomic E-state index is -1.27. The van der Waals surface area contributed by atoms with E-state index in [4.69, 9.17) is 5.11 Å². The minimum absolute atomic E-state index is 0.160. The summed E-state index contributed by atoms with van der Waals surface area (Å²) in [7, 11) is 0. The van der Waals surface area contributed by atoms with Crippen molar-refractivity contribution in [2.75, 3.05) is 0 Å². The van der Waals surface area contributed by atoms with E-state index in [-0.39, 0.29) is 5.76 Å². The average Bonchev–Trinajstić information content (AvgIpc) is 2.19. The van der Waals surface area contributed by atoms with Gasteiger partial charge in [0.25, 0.3) is 5.91 Å². The summed E-state index contributed by atoms with van der Waals surface area (Å²) in [5, 5.41) is 10.6. The molecule has 0 saturated heterocycles. The highest BCUT2D eigenvalue weighted by molar-refractivity contribution is 5.98. The number of carbonyl (C=O) groups is 3. The number of carbonyl (C=O) groups excluding carboxylic acids is 2. The molecule has 16 heavy (non-hydrogen) atoms. The van der Waals surface area contributed by atoms with Crippen molar-refractivity contribution in [3.8, 4) is 0 Å². The molecule has 6 nitrogen and oxygen atoms in total. The third-order valence-corrected chi connectivity index (χ3v) is 1.62. The molecule has 1 heterocycles. The molecule has 0 radical (unpaired) electrons. The van der Waals surface area contributed by atoms with Crippen LogP contribution in [0.4, 0.5) is 0 Å². The van der Waals surface area contributed by atoms with Crippen LogP contribution in [-0.2, 0) is 19.1 Å². The van der Waals surface area contributed by atoms with E-state index >= 15 is 0 Å². The Balaban J connectivity index is 2.61. The van der Waals surface area contributed by atoms with Gasteiger partial charge in [-0.2, -0.15) is 0 Å². The molecule has 0 saturated carbocycles. The van der Waals surface area contributed by atoms with Crippen molar-refractivity contribution >= 4 is 17.8 Å². The highest BCUT2D eigenvalue weighted by Crippen LogP contribution is 2.10. The SMILES string of the molecule is C=C1CC=C(OC(=O)/C=C/C(=O)O)C(=O)N1. The van der Waals surface area contributed by atoms with Gasteiger partial charge in [0.15, 0.2) is 5.76 Å². The molecule has 2 N–H and O–H groups in total. The third-order valence-electron chi connectivity index (χ3n) is 1.62. The van der Waals surface area contributed by atoms with Crippen molar-refractivity contribution in [2.45, 2.75) is 6.42 Å². The number of aliphatic carboxylic acids is 1. The Kier molecular flexibility index (Phi) is 3.60. The first-order chi connectivity index (χ1) is 7.49. The Morgan fingerprint density at radius 1 is 1.50 bits per heavy atom. The van der Waals surface area contributed by atoms with Gasteiger partial charge in [-0.1, -0.05) is 6.58 Å². The van der Waals surface area contributed by atoms with Gasteiger partial charge < -0.3 is 15.2 Å². The highest BCUT2D eigenvalue weighted by Gasteiger charge is 2.18. The first kappa shape index (κ1) is 11.7. The standard InChI is InChI=1S/C10H9NO5/c1-6-2-3-7(10(15)11-6)16-9(14)5-4-8(12)13/h3-5H,1-2H2,(H,11,15)(H,12,13)/b5-4+. The minimum Gasteiger partial charge on any atom is -0.478 e. The van der Waals surface area contributed by atoms with Crippen molar-refractivity contribution in [1.82, 2.24) is 5.32 Å². The fourth-order valence-electron chi connectivity index (χ4n) is 0.952. The van der Waals surface area contributed by atoms with Crippen LogP contribution in [-0.4, -0.2) is 23.0 Å². The Morgan fingerprint density at radius 3 is 2.75 bits per heavy atom. The van der Waals surface area contributed by atoms with Crippen LogP contribution in [0.2, 0.25) is 0 Å². The number of hydrogen-bond donors (Lipinski definition) is 2. The van der Waals surface area contributed by atoms with Gasteiger partial charge in [0.2, 0.25) is 0 Å². The van der Waals surface area contributed by atoms with Crippen LogP contribution >= 0.6 is 0 Å². The predicted octanol–water partition coefficient (Wildman–Crippen LogP) is 0.0879. The monoisotopic (exact) mass is 223 g/mol. The van der Waals surface area contributed by atoms with Crippen LogP contribution in [0.1, 0.15) is 6.42 Å². The van der Waals surface area contributed by atoms with Crippen molar-refractivity contribution in [2.24, 2.45) is 0 Å². The molecule has 0 fully saturated rings. The number of ether oxygens (including phenoxy) is 1. The van der Waals surface area contributed by atoms with Gasteiger partial charge in [0.05, 0.1) is 0 Å². The third kappa shape index (κ3) is 3.41. The molecule has 0 unspecified atom stereocenters. The van der Waals surface area contributed by atoms with Gasteiger partial charge in [0.1, 0.15) is 0 Å². The molecule has 1 amide bonds. The number of rotatable bonds is 3. The number of carboxylic acid groups (broad SMARTS) is 1. The second-order valence-electron chi connectivity index (χ2n) is 2.92. The number of hydrogen-bond acceptors (Lipinski definition) is 4. The molecule has 0 bridgehead atoms. The van der Waals surface area contributed by atoms with Crippen LogP contribution in [0.25, 0.3) is 0 Å². The topological polar surface area (TPSA) is 92.7 Å². The van der Waals surface area contributed by atoms with E-state index in [1.807, 2.05) is 0 Å². The van der Waals surface area contributed by atoms with Gasteiger partial charge in [-0.15, -0.1) is 0 Å².